The number of anilines is 1. The summed E-state index contributed by atoms with van der Waals surface area (Å²) in [4.78, 5) is 4.26. The molecule has 20 heavy (non-hydrogen) atoms. The Morgan fingerprint density at radius 1 is 1.15 bits per heavy atom. The summed E-state index contributed by atoms with van der Waals surface area (Å²) >= 11 is 0. The molecule has 0 amide bonds. The van der Waals surface area contributed by atoms with Crippen molar-refractivity contribution in [3.8, 4) is 0 Å². The highest BCUT2D eigenvalue weighted by Crippen LogP contribution is 2.31. The van der Waals surface area contributed by atoms with Gasteiger partial charge in [0.1, 0.15) is 0 Å². The molecule has 0 aromatic heterocycles. The second-order valence-corrected chi connectivity index (χ2v) is 4.87. The van der Waals surface area contributed by atoms with Gasteiger partial charge >= 0.3 is 6.18 Å². The number of piperazine rings is 1. The first-order valence-electron chi connectivity index (χ1n) is 6.64. The number of nitrogens with zero attached hydrogens (tertiary/aromatic N) is 2. The zero-order chi connectivity index (χ0) is 14.6. The number of hydrogen-bond acceptors (Lipinski definition) is 3. The van der Waals surface area contributed by atoms with Crippen molar-refractivity contribution in [1.82, 2.24) is 4.90 Å². The average Bonchev–Trinajstić information content (AvgIpc) is 2.45. The van der Waals surface area contributed by atoms with Crippen LogP contribution in [-0.2, 0) is 10.9 Å². The summed E-state index contributed by atoms with van der Waals surface area (Å²) in [7, 11) is 1.67. The SMILES string of the molecule is COCCN1CCN(c2cccc(C(F)(F)F)c2)CC1. The van der Waals surface area contributed by atoms with E-state index in [4.69, 9.17) is 4.74 Å². The van der Waals surface area contributed by atoms with E-state index in [0.717, 1.165) is 38.8 Å². The molecule has 0 N–H and O–H groups in total. The summed E-state index contributed by atoms with van der Waals surface area (Å²) < 4.78 is 43.1. The largest absolute Gasteiger partial charge is 0.416 e. The van der Waals surface area contributed by atoms with Crippen LogP contribution in [0.2, 0.25) is 0 Å². The first-order valence-corrected chi connectivity index (χ1v) is 6.64. The highest BCUT2D eigenvalue weighted by Gasteiger charge is 2.31. The van der Waals surface area contributed by atoms with Crippen molar-refractivity contribution in [3.63, 3.8) is 0 Å². The fourth-order valence-electron chi connectivity index (χ4n) is 2.33. The van der Waals surface area contributed by atoms with Gasteiger partial charge in [0.25, 0.3) is 0 Å². The average molecular weight is 288 g/mol. The Morgan fingerprint density at radius 3 is 2.45 bits per heavy atom. The van der Waals surface area contributed by atoms with Crippen LogP contribution < -0.4 is 4.90 Å². The molecule has 0 bridgehead atoms. The van der Waals surface area contributed by atoms with Gasteiger partial charge in [-0.1, -0.05) is 6.07 Å². The number of halogens is 3. The van der Waals surface area contributed by atoms with Crippen LogP contribution in [0.15, 0.2) is 24.3 Å². The van der Waals surface area contributed by atoms with Gasteiger partial charge in [-0.05, 0) is 18.2 Å². The molecule has 0 atom stereocenters. The van der Waals surface area contributed by atoms with Crippen molar-refractivity contribution in [1.29, 1.82) is 0 Å². The second kappa shape index (κ2) is 6.45. The van der Waals surface area contributed by atoms with E-state index in [0.29, 0.717) is 12.3 Å². The van der Waals surface area contributed by atoms with Gasteiger partial charge in [-0.2, -0.15) is 13.2 Å². The summed E-state index contributed by atoms with van der Waals surface area (Å²) in [6.45, 7) is 4.73. The predicted molar refractivity (Wildman–Crippen MR) is 72.0 cm³/mol. The van der Waals surface area contributed by atoms with E-state index in [-0.39, 0.29) is 0 Å². The lowest BCUT2D eigenvalue weighted by Crippen LogP contribution is -2.47. The van der Waals surface area contributed by atoms with Crippen molar-refractivity contribution in [2.75, 3.05) is 51.3 Å². The fraction of sp³-hybridized carbons (Fsp3) is 0.571. The zero-order valence-electron chi connectivity index (χ0n) is 11.5. The van der Waals surface area contributed by atoms with Crippen molar-refractivity contribution < 1.29 is 17.9 Å². The Morgan fingerprint density at radius 2 is 1.85 bits per heavy atom. The molecule has 1 aromatic rings. The molecule has 112 valence electrons. The molecule has 1 aromatic carbocycles. The predicted octanol–water partition coefficient (Wildman–Crippen LogP) is 2.47. The summed E-state index contributed by atoms with van der Waals surface area (Å²) in [5.74, 6) is 0. The lowest BCUT2D eigenvalue weighted by Gasteiger charge is -2.36. The van der Waals surface area contributed by atoms with Crippen LogP contribution in [0.25, 0.3) is 0 Å². The number of benzene rings is 1. The molecule has 0 radical (unpaired) electrons. The van der Waals surface area contributed by atoms with Gasteiger partial charge in [-0.25, -0.2) is 0 Å². The van der Waals surface area contributed by atoms with Gasteiger partial charge in [-0.3, -0.25) is 4.90 Å². The van der Waals surface area contributed by atoms with E-state index in [1.807, 2.05) is 4.90 Å². The molecule has 1 fully saturated rings. The minimum atomic E-state index is -4.28. The molecule has 1 aliphatic rings. The molecule has 0 saturated carbocycles. The van der Waals surface area contributed by atoms with Crippen molar-refractivity contribution in [3.05, 3.63) is 29.8 Å². The Balaban J connectivity index is 1.97. The zero-order valence-corrected chi connectivity index (χ0v) is 11.5. The van der Waals surface area contributed by atoms with Crippen molar-refractivity contribution in [2.24, 2.45) is 0 Å². The molecule has 1 saturated heterocycles. The molecule has 2 rings (SSSR count). The standard InChI is InChI=1S/C14H19F3N2O/c1-20-10-9-18-5-7-19(8-6-18)13-4-2-3-12(11-13)14(15,16)17/h2-4,11H,5-10H2,1H3. The van der Waals surface area contributed by atoms with Crippen LogP contribution in [0.4, 0.5) is 18.9 Å². The minimum Gasteiger partial charge on any atom is -0.383 e. The Labute approximate surface area is 116 Å². The summed E-state index contributed by atoms with van der Waals surface area (Å²) in [6.07, 6.45) is -4.28. The first-order chi connectivity index (χ1) is 9.50. The van der Waals surface area contributed by atoms with Crippen LogP contribution in [0, 0.1) is 0 Å². The van der Waals surface area contributed by atoms with Gasteiger partial charge in [-0.15, -0.1) is 0 Å². The third-order valence-corrected chi connectivity index (χ3v) is 3.52. The minimum absolute atomic E-state index is 0.586. The smallest absolute Gasteiger partial charge is 0.383 e. The normalized spacial score (nSPS) is 17.5. The fourth-order valence-corrected chi connectivity index (χ4v) is 2.33. The molecule has 1 aliphatic heterocycles. The summed E-state index contributed by atoms with van der Waals surface area (Å²) in [6, 6.07) is 5.54. The van der Waals surface area contributed by atoms with E-state index < -0.39 is 11.7 Å². The van der Waals surface area contributed by atoms with Gasteiger partial charge in [0.15, 0.2) is 0 Å². The maximum atomic E-state index is 12.7. The van der Waals surface area contributed by atoms with E-state index in [1.165, 1.54) is 12.1 Å². The maximum Gasteiger partial charge on any atom is 0.416 e. The maximum absolute atomic E-state index is 12.7. The molecule has 1 heterocycles. The topological polar surface area (TPSA) is 15.7 Å². The molecular weight excluding hydrogens is 269 g/mol. The highest BCUT2D eigenvalue weighted by molar-refractivity contribution is 5.49. The summed E-state index contributed by atoms with van der Waals surface area (Å²) in [5, 5.41) is 0. The lowest BCUT2D eigenvalue weighted by molar-refractivity contribution is -0.137. The van der Waals surface area contributed by atoms with Gasteiger partial charge in [0.05, 0.1) is 12.2 Å². The molecule has 0 aliphatic carbocycles. The van der Waals surface area contributed by atoms with E-state index in [9.17, 15) is 13.2 Å². The molecule has 3 nitrogen and oxygen atoms in total. The van der Waals surface area contributed by atoms with Crippen LogP contribution in [0.5, 0.6) is 0 Å². The summed E-state index contributed by atoms with van der Waals surface area (Å²) in [5.41, 5.74) is 0.0584. The number of alkyl halides is 3. The Bertz CT molecular complexity index is 429. The van der Waals surface area contributed by atoms with E-state index in [2.05, 4.69) is 4.90 Å². The van der Waals surface area contributed by atoms with Crippen LogP contribution in [0.1, 0.15) is 5.56 Å². The third kappa shape index (κ3) is 3.86. The monoisotopic (exact) mass is 288 g/mol. The quantitative estimate of drug-likeness (QED) is 0.846. The van der Waals surface area contributed by atoms with Crippen molar-refractivity contribution in [2.45, 2.75) is 6.18 Å². The van der Waals surface area contributed by atoms with Crippen molar-refractivity contribution >= 4 is 5.69 Å². The van der Waals surface area contributed by atoms with Gasteiger partial charge < -0.3 is 9.64 Å². The van der Waals surface area contributed by atoms with E-state index >= 15 is 0 Å². The van der Waals surface area contributed by atoms with Crippen LogP contribution in [0.3, 0.4) is 0 Å². The molecular formula is C14H19F3N2O. The number of methoxy groups -OCH3 is 1. The van der Waals surface area contributed by atoms with Gasteiger partial charge in [0, 0.05) is 45.5 Å². The Kier molecular flexibility index (Phi) is 4.88. The van der Waals surface area contributed by atoms with E-state index in [1.54, 1.807) is 13.2 Å². The second-order valence-electron chi connectivity index (χ2n) is 4.87. The van der Waals surface area contributed by atoms with Crippen LogP contribution in [-0.4, -0.2) is 51.3 Å². The third-order valence-electron chi connectivity index (χ3n) is 3.52. The highest BCUT2D eigenvalue weighted by atomic mass is 19.4. The number of ether oxygens (including phenoxy) is 1. The molecule has 0 unspecified atom stereocenters. The number of hydrogen-bond donors (Lipinski definition) is 0. The Hall–Kier alpha value is -1.27. The lowest BCUT2D eigenvalue weighted by atomic mass is 10.1. The van der Waals surface area contributed by atoms with Crippen LogP contribution >= 0.6 is 0 Å². The molecule has 6 heteroatoms. The number of rotatable bonds is 4. The first kappa shape index (κ1) is 15.1. The molecule has 0 spiro atoms. The van der Waals surface area contributed by atoms with Gasteiger partial charge in [0.2, 0.25) is 0 Å².